The van der Waals surface area contributed by atoms with E-state index in [1.807, 2.05) is 30.3 Å². The summed E-state index contributed by atoms with van der Waals surface area (Å²) in [6, 6.07) is 14.7. The Morgan fingerprint density at radius 2 is 1.48 bits per heavy atom. The molecule has 2 aromatic rings. The summed E-state index contributed by atoms with van der Waals surface area (Å²) in [5.41, 5.74) is 1.91. The zero-order valence-electron chi connectivity index (χ0n) is 16.9. The molecule has 0 amide bonds. The predicted octanol–water partition coefficient (Wildman–Crippen LogP) is 6.94. The van der Waals surface area contributed by atoms with E-state index in [-0.39, 0.29) is 11.5 Å². The van der Waals surface area contributed by atoms with E-state index >= 15 is 0 Å². The van der Waals surface area contributed by atoms with Crippen LogP contribution in [0.25, 0.3) is 0 Å². The van der Waals surface area contributed by atoms with Crippen LogP contribution in [0, 0.1) is 5.92 Å². The number of hydrogen-bond donors (Lipinski definition) is 1. The van der Waals surface area contributed by atoms with Gasteiger partial charge in [0.05, 0.1) is 5.56 Å². The second-order valence-electron chi connectivity index (χ2n) is 7.55. The second kappa shape index (κ2) is 11.6. The van der Waals surface area contributed by atoms with Crippen LogP contribution < -0.4 is 0 Å². The fourth-order valence-corrected chi connectivity index (χ4v) is 3.72. The molecule has 0 radical (unpaired) electrons. The highest BCUT2D eigenvalue weighted by molar-refractivity contribution is 6.10. The first-order valence-corrected chi connectivity index (χ1v) is 10.6. The van der Waals surface area contributed by atoms with Gasteiger partial charge in [-0.05, 0) is 30.4 Å². The van der Waals surface area contributed by atoms with Gasteiger partial charge in [-0.2, -0.15) is 0 Å². The molecule has 0 aliphatic rings. The molecule has 0 saturated heterocycles. The molecular weight excluding hydrogens is 332 g/mol. The highest BCUT2D eigenvalue weighted by atomic mass is 16.3. The lowest BCUT2D eigenvalue weighted by Crippen LogP contribution is -2.04. The number of benzene rings is 2. The molecular formula is C25H34O2. The van der Waals surface area contributed by atoms with Crippen molar-refractivity contribution in [1.82, 2.24) is 0 Å². The molecule has 0 atom stereocenters. The molecule has 2 aromatic carbocycles. The maximum absolute atomic E-state index is 12.7. The van der Waals surface area contributed by atoms with Crippen LogP contribution in [0.2, 0.25) is 0 Å². The number of rotatable bonds is 12. The van der Waals surface area contributed by atoms with Crippen molar-refractivity contribution in [1.29, 1.82) is 0 Å². The van der Waals surface area contributed by atoms with Gasteiger partial charge in [0.15, 0.2) is 5.78 Å². The smallest absolute Gasteiger partial charge is 0.196 e. The van der Waals surface area contributed by atoms with Gasteiger partial charge in [-0.25, -0.2) is 0 Å². The van der Waals surface area contributed by atoms with Gasteiger partial charge in [0, 0.05) is 5.56 Å². The van der Waals surface area contributed by atoms with Crippen LogP contribution in [-0.2, 0) is 6.42 Å². The fourth-order valence-electron chi connectivity index (χ4n) is 3.72. The number of para-hydroxylation sites is 1. The number of aromatic hydroxyl groups is 1. The number of aryl methyl sites for hydroxylation is 1. The minimum atomic E-state index is -0.112. The fraction of sp³-hybridized carbons (Fsp3) is 0.480. The normalized spacial score (nSPS) is 11.1. The molecule has 27 heavy (non-hydrogen) atoms. The van der Waals surface area contributed by atoms with E-state index in [4.69, 9.17) is 0 Å². The van der Waals surface area contributed by atoms with Crippen LogP contribution in [0.5, 0.6) is 5.75 Å². The Kier molecular flexibility index (Phi) is 9.10. The first kappa shape index (κ1) is 21.2. The third kappa shape index (κ3) is 6.53. The van der Waals surface area contributed by atoms with Gasteiger partial charge in [0.25, 0.3) is 0 Å². The molecule has 0 heterocycles. The van der Waals surface area contributed by atoms with Crippen LogP contribution in [0.3, 0.4) is 0 Å². The van der Waals surface area contributed by atoms with Gasteiger partial charge in [-0.15, -0.1) is 0 Å². The molecule has 2 heteroatoms. The molecule has 1 N–H and O–H groups in total. The van der Waals surface area contributed by atoms with Crippen molar-refractivity contribution in [2.45, 2.75) is 71.6 Å². The third-order valence-electron chi connectivity index (χ3n) is 5.39. The number of ketones is 1. The van der Waals surface area contributed by atoms with Crippen molar-refractivity contribution < 1.29 is 9.90 Å². The summed E-state index contributed by atoms with van der Waals surface area (Å²) in [5.74, 6) is 0.838. The van der Waals surface area contributed by atoms with Gasteiger partial charge < -0.3 is 5.11 Å². The summed E-state index contributed by atoms with van der Waals surface area (Å²) in [7, 11) is 0. The number of carbonyl (C=O) groups is 1. The Balaban J connectivity index is 1.99. The SMILES string of the molecule is CCCCC(CCCC)CCCc1cccc(C(=O)c2ccccc2)c1O. The van der Waals surface area contributed by atoms with Crippen molar-refractivity contribution in [3.8, 4) is 5.75 Å². The summed E-state index contributed by atoms with van der Waals surface area (Å²) in [6.07, 6.45) is 10.9. The van der Waals surface area contributed by atoms with Crippen LogP contribution >= 0.6 is 0 Å². The average Bonchev–Trinajstić information content (AvgIpc) is 2.71. The molecule has 2 rings (SSSR count). The summed E-state index contributed by atoms with van der Waals surface area (Å²) in [5, 5.41) is 10.6. The second-order valence-corrected chi connectivity index (χ2v) is 7.55. The van der Waals surface area contributed by atoms with E-state index in [0.29, 0.717) is 11.1 Å². The Labute approximate surface area is 164 Å². The van der Waals surface area contributed by atoms with E-state index in [1.54, 1.807) is 18.2 Å². The van der Waals surface area contributed by atoms with E-state index < -0.39 is 0 Å². The topological polar surface area (TPSA) is 37.3 Å². The number of phenols is 1. The minimum Gasteiger partial charge on any atom is -0.507 e. The number of carbonyl (C=O) groups excluding carboxylic acids is 1. The van der Waals surface area contributed by atoms with E-state index in [9.17, 15) is 9.90 Å². The summed E-state index contributed by atoms with van der Waals surface area (Å²) >= 11 is 0. The summed E-state index contributed by atoms with van der Waals surface area (Å²) in [4.78, 5) is 12.7. The molecule has 0 spiro atoms. The molecule has 0 bridgehead atoms. The average molecular weight is 367 g/mol. The first-order valence-electron chi connectivity index (χ1n) is 10.6. The standard InChI is InChI=1S/C25H34O2/c1-3-5-12-20(13-6-4-2)14-10-17-22-18-11-19-23(25(22)27)24(26)21-15-8-7-9-16-21/h7-9,11,15-16,18-20,27H,3-6,10,12-14,17H2,1-2H3. The lowest BCUT2D eigenvalue weighted by molar-refractivity contribution is 0.103. The van der Waals surface area contributed by atoms with Crippen LogP contribution in [0.4, 0.5) is 0 Å². The van der Waals surface area contributed by atoms with Crippen molar-refractivity contribution in [2.75, 3.05) is 0 Å². The Morgan fingerprint density at radius 3 is 2.11 bits per heavy atom. The number of unbranched alkanes of at least 4 members (excludes halogenated alkanes) is 2. The monoisotopic (exact) mass is 366 g/mol. The molecule has 2 nitrogen and oxygen atoms in total. The number of phenolic OH excluding ortho intramolecular Hbond substituents is 1. The van der Waals surface area contributed by atoms with Crippen LogP contribution in [-0.4, -0.2) is 10.9 Å². The maximum Gasteiger partial charge on any atom is 0.196 e. The molecule has 0 aromatic heterocycles. The number of hydrogen-bond acceptors (Lipinski definition) is 2. The van der Waals surface area contributed by atoms with E-state index in [2.05, 4.69) is 13.8 Å². The molecule has 146 valence electrons. The maximum atomic E-state index is 12.7. The summed E-state index contributed by atoms with van der Waals surface area (Å²) in [6.45, 7) is 4.51. The van der Waals surface area contributed by atoms with Crippen LogP contribution in [0.15, 0.2) is 48.5 Å². The molecule has 0 saturated carbocycles. The molecule has 0 fully saturated rings. The largest absolute Gasteiger partial charge is 0.507 e. The van der Waals surface area contributed by atoms with Gasteiger partial charge in [0.1, 0.15) is 5.75 Å². The van der Waals surface area contributed by atoms with Gasteiger partial charge in [-0.3, -0.25) is 4.79 Å². The lowest BCUT2D eigenvalue weighted by atomic mass is 9.90. The van der Waals surface area contributed by atoms with Gasteiger partial charge >= 0.3 is 0 Å². The highest BCUT2D eigenvalue weighted by Gasteiger charge is 2.16. The van der Waals surface area contributed by atoms with E-state index in [1.165, 1.54) is 44.9 Å². The quantitative estimate of drug-likeness (QED) is 0.413. The first-order chi connectivity index (χ1) is 13.2. The third-order valence-corrected chi connectivity index (χ3v) is 5.39. The van der Waals surface area contributed by atoms with Crippen molar-refractivity contribution in [2.24, 2.45) is 5.92 Å². The highest BCUT2D eigenvalue weighted by Crippen LogP contribution is 2.28. The Hall–Kier alpha value is -2.09. The predicted molar refractivity (Wildman–Crippen MR) is 113 cm³/mol. The Bertz CT molecular complexity index is 683. The summed E-state index contributed by atoms with van der Waals surface area (Å²) < 4.78 is 0. The van der Waals surface area contributed by atoms with E-state index in [0.717, 1.165) is 24.3 Å². The lowest BCUT2D eigenvalue weighted by Gasteiger charge is -2.16. The van der Waals surface area contributed by atoms with Gasteiger partial charge in [0.2, 0.25) is 0 Å². The van der Waals surface area contributed by atoms with Crippen molar-refractivity contribution >= 4 is 5.78 Å². The van der Waals surface area contributed by atoms with Gasteiger partial charge in [-0.1, -0.05) is 101 Å². The zero-order valence-corrected chi connectivity index (χ0v) is 16.9. The zero-order chi connectivity index (χ0) is 19.5. The molecule has 0 unspecified atom stereocenters. The van der Waals surface area contributed by atoms with Crippen molar-refractivity contribution in [3.05, 3.63) is 65.2 Å². The molecule has 0 aliphatic carbocycles. The molecule has 0 aliphatic heterocycles. The van der Waals surface area contributed by atoms with Crippen molar-refractivity contribution in [3.63, 3.8) is 0 Å². The van der Waals surface area contributed by atoms with Crippen LogP contribution in [0.1, 0.15) is 86.7 Å². The Morgan fingerprint density at radius 1 is 0.852 bits per heavy atom. The minimum absolute atomic E-state index is 0.112.